The van der Waals surface area contributed by atoms with Gasteiger partial charge in [-0.25, -0.2) is 0 Å². The summed E-state index contributed by atoms with van der Waals surface area (Å²) in [7, 11) is 0. The van der Waals surface area contributed by atoms with Crippen LogP contribution in [0, 0.1) is 6.92 Å². The maximum atomic E-state index is 12.0. The fourth-order valence-electron chi connectivity index (χ4n) is 1.68. The van der Waals surface area contributed by atoms with E-state index in [4.69, 9.17) is 28.9 Å². The molecule has 0 aliphatic carbocycles. The molecule has 0 bridgehead atoms. The molecule has 0 atom stereocenters. The van der Waals surface area contributed by atoms with E-state index in [0.717, 1.165) is 4.90 Å². The van der Waals surface area contributed by atoms with Crippen LogP contribution in [0.4, 0.5) is 11.4 Å². The Morgan fingerprint density at radius 2 is 1.90 bits per heavy atom. The van der Waals surface area contributed by atoms with Gasteiger partial charge in [-0.1, -0.05) is 40.9 Å². The molecule has 0 spiro atoms. The molecule has 6 heteroatoms. The molecule has 0 saturated heterocycles. The first-order chi connectivity index (χ1) is 9.95. The topological polar surface area (TPSA) is 55.1 Å². The second kappa shape index (κ2) is 7.07. The predicted molar refractivity (Wildman–Crippen MR) is 91.4 cm³/mol. The zero-order valence-electron chi connectivity index (χ0n) is 11.3. The Kier molecular flexibility index (Phi) is 5.39. The summed E-state index contributed by atoms with van der Waals surface area (Å²) < 4.78 is 0. The summed E-state index contributed by atoms with van der Waals surface area (Å²) in [6.07, 6.45) is 0. The van der Waals surface area contributed by atoms with Crippen LogP contribution >= 0.6 is 35.0 Å². The van der Waals surface area contributed by atoms with Crippen molar-refractivity contribution in [3.63, 3.8) is 0 Å². The number of nitrogens with one attached hydrogen (secondary N) is 1. The number of nitrogen functional groups attached to an aromatic ring is 1. The molecule has 0 aliphatic rings. The van der Waals surface area contributed by atoms with Crippen LogP contribution < -0.4 is 11.1 Å². The van der Waals surface area contributed by atoms with Gasteiger partial charge in [0.05, 0.1) is 22.2 Å². The van der Waals surface area contributed by atoms with E-state index in [1.165, 1.54) is 17.3 Å². The van der Waals surface area contributed by atoms with Crippen molar-refractivity contribution in [1.82, 2.24) is 0 Å². The number of halogens is 2. The Bertz CT molecular complexity index is 636. The first-order valence-corrected chi connectivity index (χ1v) is 7.93. The van der Waals surface area contributed by atoms with Gasteiger partial charge in [-0.05, 0) is 31.2 Å². The van der Waals surface area contributed by atoms with Crippen LogP contribution in [-0.4, -0.2) is 11.7 Å². The van der Waals surface area contributed by atoms with Crippen LogP contribution in [0.2, 0.25) is 10.0 Å². The summed E-state index contributed by atoms with van der Waals surface area (Å²) in [5.74, 6) is 0.109. The Balaban J connectivity index is 1.97. The molecule has 0 fully saturated rings. The molecule has 110 valence electrons. The minimum atomic E-state index is -0.170. The number of aryl methyl sites for hydroxylation is 1. The second-order valence-corrected chi connectivity index (χ2v) is 6.39. The lowest BCUT2D eigenvalue weighted by Crippen LogP contribution is -2.15. The molecule has 0 unspecified atom stereocenters. The third kappa shape index (κ3) is 4.56. The number of hydrogen-bond donors (Lipinski definition) is 2. The van der Waals surface area contributed by atoms with Gasteiger partial charge in [-0.15, -0.1) is 11.8 Å². The largest absolute Gasteiger partial charge is 0.397 e. The standard InChI is InChI=1S/C15H14Cl2N2OS/c1-9-2-4-11(5-3-9)21-8-14(20)19-15-12(17)6-10(16)7-13(15)18/h2-7H,8,18H2,1H3,(H,19,20). The van der Waals surface area contributed by atoms with Crippen LogP contribution in [0.15, 0.2) is 41.3 Å². The highest BCUT2D eigenvalue weighted by Crippen LogP contribution is 2.32. The molecule has 0 aliphatic heterocycles. The van der Waals surface area contributed by atoms with Crippen molar-refractivity contribution in [1.29, 1.82) is 0 Å². The lowest BCUT2D eigenvalue weighted by atomic mass is 10.2. The number of carbonyl (C=O) groups is 1. The molecular weight excluding hydrogens is 327 g/mol. The van der Waals surface area contributed by atoms with Gasteiger partial charge in [0.15, 0.2) is 0 Å². The summed E-state index contributed by atoms with van der Waals surface area (Å²) in [4.78, 5) is 13.0. The second-order valence-electron chi connectivity index (χ2n) is 4.50. The summed E-state index contributed by atoms with van der Waals surface area (Å²) in [6, 6.07) is 11.1. The minimum Gasteiger partial charge on any atom is -0.397 e. The predicted octanol–water partition coefficient (Wildman–Crippen LogP) is 4.61. The van der Waals surface area contributed by atoms with Gasteiger partial charge in [0, 0.05) is 9.92 Å². The fourth-order valence-corrected chi connectivity index (χ4v) is 2.94. The number of rotatable bonds is 4. The highest BCUT2D eigenvalue weighted by Gasteiger charge is 2.11. The lowest BCUT2D eigenvalue weighted by molar-refractivity contribution is -0.113. The smallest absolute Gasteiger partial charge is 0.234 e. The molecule has 3 N–H and O–H groups in total. The van der Waals surface area contributed by atoms with Gasteiger partial charge in [-0.3, -0.25) is 4.79 Å². The van der Waals surface area contributed by atoms with Gasteiger partial charge in [0.1, 0.15) is 0 Å². The van der Waals surface area contributed by atoms with Gasteiger partial charge in [0.2, 0.25) is 5.91 Å². The SMILES string of the molecule is Cc1ccc(SCC(=O)Nc2c(N)cc(Cl)cc2Cl)cc1. The van der Waals surface area contributed by atoms with E-state index in [9.17, 15) is 4.79 Å². The average Bonchev–Trinajstić information content (AvgIpc) is 2.42. The molecule has 2 aromatic carbocycles. The van der Waals surface area contributed by atoms with E-state index in [-0.39, 0.29) is 11.7 Å². The van der Waals surface area contributed by atoms with Crippen LogP contribution in [-0.2, 0) is 4.79 Å². The van der Waals surface area contributed by atoms with E-state index < -0.39 is 0 Å². The van der Waals surface area contributed by atoms with Gasteiger partial charge >= 0.3 is 0 Å². The lowest BCUT2D eigenvalue weighted by Gasteiger charge is -2.10. The maximum absolute atomic E-state index is 12.0. The zero-order chi connectivity index (χ0) is 15.4. The fraction of sp³-hybridized carbons (Fsp3) is 0.133. The molecule has 2 aromatic rings. The number of nitrogens with two attached hydrogens (primary N) is 1. The summed E-state index contributed by atoms with van der Waals surface area (Å²) in [5.41, 5.74) is 7.74. The van der Waals surface area contributed by atoms with Crippen molar-refractivity contribution in [3.05, 3.63) is 52.0 Å². The average molecular weight is 341 g/mol. The molecular formula is C15H14Cl2N2OS. The Morgan fingerprint density at radius 1 is 1.24 bits per heavy atom. The monoisotopic (exact) mass is 340 g/mol. The molecule has 21 heavy (non-hydrogen) atoms. The molecule has 0 radical (unpaired) electrons. The van der Waals surface area contributed by atoms with Crippen molar-refractivity contribution in [2.75, 3.05) is 16.8 Å². The van der Waals surface area contributed by atoms with E-state index in [0.29, 0.717) is 21.4 Å². The molecule has 2 rings (SSSR count). The number of hydrogen-bond acceptors (Lipinski definition) is 3. The van der Waals surface area contributed by atoms with Gasteiger partial charge in [-0.2, -0.15) is 0 Å². The van der Waals surface area contributed by atoms with Crippen molar-refractivity contribution in [3.8, 4) is 0 Å². The number of carbonyl (C=O) groups excluding carboxylic acids is 1. The van der Waals surface area contributed by atoms with Crippen LogP contribution in [0.1, 0.15) is 5.56 Å². The maximum Gasteiger partial charge on any atom is 0.234 e. The summed E-state index contributed by atoms with van der Waals surface area (Å²) in [6.45, 7) is 2.02. The Labute approximate surface area is 137 Å². The van der Waals surface area contributed by atoms with Crippen LogP contribution in [0.3, 0.4) is 0 Å². The quantitative estimate of drug-likeness (QED) is 0.630. The van der Waals surface area contributed by atoms with E-state index in [2.05, 4.69) is 5.32 Å². The highest BCUT2D eigenvalue weighted by atomic mass is 35.5. The van der Waals surface area contributed by atoms with E-state index in [1.54, 1.807) is 12.1 Å². The highest BCUT2D eigenvalue weighted by molar-refractivity contribution is 8.00. The van der Waals surface area contributed by atoms with E-state index >= 15 is 0 Å². The molecule has 0 aromatic heterocycles. The van der Waals surface area contributed by atoms with Crippen LogP contribution in [0.25, 0.3) is 0 Å². The zero-order valence-corrected chi connectivity index (χ0v) is 13.6. The molecule has 0 saturated carbocycles. The van der Waals surface area contributed by atoms with Crippen molar-refractivity contribution in [2.24, 2.45) is 0 Å². The Morgan fingerprint density at radius 3 is 2.52 bits per heavy atom. The van der Waals surface area contributed by atoms with E-state index in [1.807, 2.05) is 31.2 Å². The molecule has 0 heterocycles. The first kappa shape index (κ1) is 16.0. The number of anilines is 2. The third-order valence-corrected chi connectivity index (χ3v) is 4.27. The van der Waals surface area contributed by atoms with Gasteiger partial charge < -0.3 is 11.1 Å². The molecule has 3 nitrogen and oxygen atoms in total. The number of benzene rings is 2. The van der Waals surface area contributed by atoms with Crippen LogP contribution in [0.5, 0.6) is 0 Å². The summed E-state index contributed by atoms with van der Waals surface area (Å²) in [5, 5.41) is 3.47. The van der Waals surface area contributed by atoms with Crippen molar-refractivity contribution < 1.29 is 4.79 Å². The van der Waals surface area contributed by atoms with Crippen molar-refractivity contribution >= 4 is 52.2 Å². The molecule has 1 amide bonds. The third-order valence-electron chi connectivity index (χ3n) is 2.74. The normalized spacial score (nSPS) is 10.4. The van der Waals surface area contributed by atoms with Gasteiger partial charge in [0.25, 0.3) is 0 Å². The Hall–Kier alpha value is -1.36. The van der Waals surface area contributed by atoms with Crippen molar-refractivity contribution in [2.45, 2.75) is 11.8 Å². The minimum absolute atomic E-state index is 0.170. The first-order valence-electron chi connectivity index (χ1n) is 6.19. The number of thioether (sulfide) groups is 1. The number of amides is 1. The summed E-state index contributed by atoms with van der Waals surface area (Å²) >= 11 is 13.3.